The molecular formula is C24H24N4O7. The molecule has 1 amide bonds. The van der Waals surface area contributed by atoms with Gasteiger partial charge in [0.05, 0.1) is 17.8 Å². The lowest BCUT2D eigenvalue weighted by Crippen LogP contribution is -2.66. The minimum Gasteiger partial charge on any atom is -0.508 e. The van der Waals surface area contributed by atoms with Crippen LogP contribution in [0.2, 0.25) is 0 Å². The topological polar surface area (TPSA) is 188 Å². The summed E-state index contributed by atoms with van der Waals surface area (Å²) in [6, 6.07) is 3.46. The van der Waals surface area contributed by atoms with Crippen molar-refractivity contribution in [2.75, 3.05) is 0 Å². The Labute approximate surface area is 199 Å². The Kier molecular flexibility index (Phi) is 5.08. The van der Waals surface area contributed by atoms with Crippen molar-refractivity contribution in [2.45, 2.75) is 31.0 Å². The standard InChI is InChI=1S/C24H24N4O7/c1-28-9-10(8-27-28)7-26-18-13-6-12-5-11-3-2-4-14(29)15(11)19(30)16(12)21(32)24(13,35)22(33)17(20(18)31)23(25)34/h2-4,8-9,12-13,18,26,29-30,33,35H,5-7H2,1H3,(H2,25,34). The molecule has 11 nitrogen and oxygen atoms in total. The van der Waals surface area contributed by atoms with Gasteiger partial charge in [-0.15, -0.1) is 0 Å². The van der Waals surface area contributed by atoms with Crippen molar-refractivity contribution in [3.63, 3.8) is 0 Å². The molecule has 4 atom stereocenters. The average Bonchev–Trinajstić information content (AvgIpc) is 3.21. The van der Waals surface area contributed by atoms with E-state index < -0.39 is 58.0 Å². The molecule has 2 aromatic rings. The predicted molar refractivity (Wildman–Crippen MR) is 121 cm³/mol. The molecule has 5 rings (SSSR count). The maximum Gasteiger partial charge on any atom is 0.255 e. The molecule has 1 aromatic heterocycles. The minimum atomic E-state index is -2.67. The van der Waals surface area contributed by atoms with Crippen LogP contribution in [0.5, 0.6) is 5.75 Å². The number of aliphatic hydroxyl groups excluding tert-OH is 2. The van der Waals surface area contributed by atoms with E-state index in [4.69, 9.17) is 5.73 Å². The Morgan fingerprint density at radius 3 is 2.69 bits per heavy atom. The number of carbonyl (C=O) groups excluding carboxylic acids is 3. The van der Waals surface area contributed by atoms with Crippen molar-refractivity contribution in [1.82, 2.24) is 15.1 Å². The number of nitrogens with zero attached hydrogens (tertiary/aromatic N) is 2. The number of aryl methyl sites for hydroxylation is 1. The van der Waals surface area contributed by atoms with Gasteiger partial charge in [0.2, 0.25) is 5.78 Å². The summed E-state index contributed by atoms with van der Waals surface area (Å²) in [6.07, 6.45) is 3.58. The summed E-state index contributed by atoms with van der Waals surface area (Å²) < 4.78 is 1.56. The summed E-state index contributed by atoms with van der Waals surface area (Å²) in [7, 11) is 1.72. The Hall–Kier alpha value is -3.96. The molecule has 0 radical (unpaired) electrons. The van der Waals surface area contributed by atoms with Crippen molar-refractivity contribution in [3.8, 4) is 5.75 Å². The number of ketones is 2. The fourth-order valence-corrected chi connectivity index (χ4v) is 5.64. The highest BCUT2D eigenvalue weighted by atomic mass is 16.3. The summed E-state index contributed by atoms with van der Waals surface area (Å²) in [4.78, 5) is 39.1. The van der Waals surface area contributed by atoms with E-state index in [0.717, 1.165) is 0 Å². The molecule has 3 aliphatic rings. The molecule has 1 saturated carbocycles. The molecule has 3 aliphatic carbocycles. The maximum atomic E-state index is 13.7. The van der Waals surface area contributed by atoms with Crippen LogP contribution in [0.15, 0.2) is 47.5 Å². The third-order valence-electron chi connectivity index (χ3n) is 7.22. The fourth-order valence-electron chi connectivity index (χ4n) is 5.64. The molecule has 0 bridgehead atoms. The number of Topliss-reactive ketones (excluding diaryl/α,β-unsaturated/α-hetero) is 2. The zero-order chi connectivity index (χ0) is 25.2. The van der Waals surface area contributed by atoms with E-state index in [1.807, 2.05) is 0 Å². The molecule has 182 valence electrons. The number of rotatable bonds is 4. The summed E-state index contributed by atoms with van der Waals surface area (Å²) in [5.74, 6) is -6.76. The second-order valence-corrected chi connectivity index (χ2v) is 9.25. The first-order valence-corrected chi connectivity index (χ1v) is 11.1. The fraction of sp³-hybridized carbons (Fsp3) is 0.333. The second kappa shape index (κ2) is 7.79. The number of aromatic hydroxyl groups is 1. The highest BCUT2D eigenvalue weighted by molar-refractivity contribution is 6.24. The van der Waals surface area contributed by atoms with Gasteiger partial charge in [-0.2, -0.15) is 5.10 Å². The zero-order valence-electron chi connectivity index (χ0n) is 18.7. The van der Waals surface area contributed by atoms with E-state index in [9.17, 15) is 34.8 Å². The van der Waals surface area contributed by atoms with Crippen molar-refractivity contribution in [2.24, 2.45) is 24.6 Å². The number of hydrogen-bond acceptors (Lipinski definition) is 9. The van der Waals surface area contributed by atoms with Crippen LogP contribution >= 0.6 is 0 Å². The summed E-state index contributed by atoms with van der Waals surface area (Å²) in [5, 5.41) is 50.8. The number of fused-ring (bicyclic) bond motifs is 3. The highest BCUT2D eigenvalue weighted by Crippen LogP contribution is 2.51. The van der Waals surface area contributed by atoms with Gasteiger partial charge in [0.1, 0.15) is 22.8 Å². The van der Waals surface area contributed by atoms with Crippen LogP contribution in [0.1, 0.15) is 23.1 Å². The first-order valence-electron chi connectivity index (χ1n) is 11.1. The molecule has 7 N–H and O–H groups in total. The Morgan fingerprint density at radius 1 is 1.29 bits per heavy atom. The molecule has 0 saturated heterocycles. The van der Waals surface area contributed by atoms with E-state index in [1.54, 1.807) is 36.3 Å². The summed E-state index contributed by atoms with van der Waals surface area (Å²) >= 11 is 0. The lowest BCUT2D eigenvalue weighted by Gasteiger charge is -2.49. The van der Waals surface area contributed by atoms with Crippen molar-refractivity contribution < 1.29 is 34.8 Å². The lowest BCUT2D eigenvalue weighted by atomic mass is 9.57. The van der Waals surface area contributed by atoms with Crippen molar-refractivity contribution in [1.29, 1.82) is 0 Å². The zero-order valence-corrected chi connectivity index (χ0v) is 18.7. The predicted octanol–water partition coefficient (Wildman–Crippen LogP) is -0.0743. The van der Waals surface area contributed by atoms with Gasteiger partial charge in [-0.25, -0.2) is 0 Å². The average molecular weight is 480 g/mol. The summed E-state index contributed by atoms with van der Waals surface area (Å²) in [6.45, 7) is 0.132. The molecular weight excluding hydrogens is 456 g/mol. The third-order valence-corrected chi connectivity index (χ3v) is 7.22. The Bertz CT molecular complexity index is 1360. The van der Waals surface area contributed by atoms with Crippen LogP contribution in [0, 0.1) is 11.8 Å². The first-order chi connectivity index (χ1) is 16.6. The molecule has 1 aromatic carbocycles. The van der Waals surface area contributed by atoms with Gasteiger partial charge in [0.15, 0.2) is 11.4 Å². The van der Waals surface area contributed by atoms with Crippen molar-refractivity contribution in [3.05, 3.63) is 64.2 Å². The van der Waals surface area contributed by atoms with Crippen LogP contribution in [-0.4, -0.2) is 59.3 Å². The number of nitrogens with one attached hydrogen (secondary N) is 1. The molecule has 1 fully saturated rings. The van der Waals surface area contributed by atoms with Crippen LogP contribution < -0.4 is 11.1 Å². The van der Waals surface area contributed by atoms with E-state index in [-0.39, 0.29) is 36.3 Å². The van der Waals surface area contributed by atoms with Gasteiger partial charge in [-0.1, -0.05) is 12.1 Å². The molecule has 35 heavy (non-hydrogen) atoms. The van der Waals surface area contributed by atoms with Crippen LogP contribution in [0.4, 0.5) is 0 Å². The van der Waals surface area contributed by atoms with Gasteiger partial charge in [-0.3, -0.25) is 19.1 Å². The van der Waals surface area contributed by atoms with Gasteiger partial charge in [-0.05, 0) is 30.4 Å². The summed E-state index contributed by atoms with van der Waals surface area (Å²) in [5.41, 5.74) is 3.04. The monoisotopic (exact) mass is 480 g/mol. The molecule has 0 aliphatic heterocycles. The van der Waals surface area contributed by atoms with E-state index in [0.29, 0.717) is 11.1 Å². The molecule has 1 heterocycles. The maximum absolute atomic E-state index is 13.7. The largest absolute Gasteiger partial charge is 0.508 e. The van der Waals surface area contributed by atoms with E-state index in [2.05, 4.69) is 10.4 Å². The SMILES string of the molecule is Cn1cc(CNC2C(=O)C(C(N)=O)=C(O)C3(O)C(=O)C4=C(O)c5c(O)cccc5CC4CC23)cn1. The number of phenolic OH excluding ortho intramolecular Hbond substituents is 1. The van der Waals surface area contributed by atoms with Gasteiger partial charge >= 0.3 is 0 Å². The number of amides is 1. The van der Waals surface area contributed by atoms with Crippen LogP contribution in [0.3, 0.4) is 0 Å². The number of phenols is 1. The molecule has 4 unspecified atom stereocenters. The highest BCUT2D eigenvalue weighted by Gasteiger charge is 2.63. The van der Waals surface area contributed by atoms with Gasteiger partial charge in [0.25, 0.3) is 5.91 Å². The normalized spacial score (nSPS) is 28.0. The number of aromatic nitrogens is 2. The number of primary amides is 1. The van der Waals surface area contributed by atoms with Gasteiger partial charge < -0.3 is 31.5 Å². The molecule has 11 heteroatoms. The van der Waals surface area contributed by atoms with Crippen molar-refractivity contribution >= 4 is 23.2 Å². The minimum absolute atomic E-state index is 0.0310. The number of nitrogens with two attached hydrogens (primary N) is 1. The third kappa shape index (κ3) is 3.19. The number of benzene rings is 1. The smallest absolute Gasteiger partial charge is 0.255 e. The number of carbonyl (C=O) groups is 3. The lowest BCUT2D eigenvalue weighted by molar-refractivity contribution is -0.150. The number of hydrogen-bond donors (Lipinski definition) is 6. The van der Waals surface area contributed by atoms with E-state index >= 15 is 0 Å². The second-order valence-electron chi connectivity index (χ2n) is 9.25. The van der Waals surface area contributed by atoms with Gasteiger partial charge in [0, 0.05) is 36.8 Å². The van der Waals surface area contributed by atoms with Crippen LogP contribution in [-0.2, 0) is 34.4 Å². The quantitative estimate of drug-likeness (QED) is 0.325. The van der Waals surface area contributed by atoms with E-state index in [1.165, 1.54) is 6.07 Å². The number of aliphatic hydroxyl groups is 3. The van der Waals surface area contributed by atoms with Crippen LogP contribution in [0.25, 0.3) is 5.76 Å². The Balaban J connectivity index is 1.63. The molecule has 0 spiro atoms. The first kappa shape index (κ1) is 22.8. The Morgan fingerprint density at radius 2 is 2.03 bits per heavy atom.